The van der Waals surface area contributed by atoms with E-state index in [0.717, 1.165) is 6.08 Å². The Morgan fingerprint density at radius 1 is 1.60 bits per heavy atom. The Morgan fingerprint density at radius 2 is 2.20 bits per heavy atom. The number of nitrogens with two attached hydrogens (primary N) is 3. The lowest BCUT2D eigenvalue weighted by molar-refractivity contribution is 0.0796. The normalized spacial score (nSPS) is 32.2. The fourth-order valence-electron chi connectivity index (χ4n) is 0.666. The highest BCUT2D eigenvalue weighted by Crippen LogP contribution is 2.01. The van der Waals surface area contributed by atoms with Gasteiger partial charge in [0.2, 0.25) is 5.85 Å². The van der Waals surface area contributed by atoms with E-state index in [1.165, 1.54) is 0 Å². The topological polar surface area (TPSA) is 123 Å². The van der Waals surface area contributed by atoms with Crippen molar-refractivity contribution in [1.82, 2.24) is 5.32 Å². The molecule has 0 amide bonds. The summed E-state index contributed by atoms with van der Waals surface area (Å²) < 4.78 is 0. The van der Waals surface area contributed by atoms with Crippen molar-refractivity contribution < 1.29 is 5.11 Å². The van der Waals surface area contributed by atoms with Crippen LogP contribution in [-0.4, -0.2) is 16.9 Å². The third-order valence-corrected chi connectivity index (χ3v) is 0.946. The zero-order valence-electron chi connectivity index (χ0n) is 5.20. The molecule has 6 nitrogen and oxygen atoms in total. The number of aliphatic imine (C=N–C) groups is 1. The van der Waals surface area contributed by atoms with Gasteiger partial charge in [0.05, 0.1) is 0 Å². The summed E-state index contributed by atoms with van der Waals surface area (Å²) in [6.45, 7) is 0. The fraction of sp³-hybridized carbons (Fsp3) is 0.250. The number of nitrogens with zero attached hydrogens (tertiary/aromatic N) is 1. The number of hydrogen-bond donors (Lipinski definition) is 5. The monoisotopic (exact) mass is 143 g/mol. The van der Waals surface area contributed by atoms with Gasteiger partial charge in [0.25, 0.3) is 0 Å². The van der Waals surface area contributed by atoms with Crippen molar-refractivity contribution in [2.75, 3.05) is 0 Å². The molecule has 0 fully saturated rings. The van der Waals surface area contributed by atoms with Crippen LogP contribution >= 0.6 is 0 Å². The number of hydrogen-bond acceptors (Lipinski definition) is 6. The number of guanidine groups is 1. The summed E-state index contributed by atoms with van der Waals surface area (Å²) in [5, 5.41) is 11.4. The molecule has 0 saturated carbocycles. The molecule has 56 valence electrons. The van der Waals surface area contributed by atoms with E-state index >= 15 is 0 Å². The van der Waals surface area contributed by atoms with Gasteiger partial charge in [-0.25, -0.2) is 0 Å². The van der Waals surface area contributed by atoms with Crippen LogP contribution in [0.3, 0.4) is 0 Å². The summed E-state index contributed by atoms with van der Waals surface area (Å²) in [4.78, 5) is 3.56. The second-order valence-electron chi connectivity index (χ2n) is 2.02. The highest BCUT2D eigenvalue weighted by atomic mass is 16.3. The summed E-state index contributed by atoms with van der Waals surface area (Å²) in [6.07, 6.45) is 1.16. The van der Waals surface area contributed by atoms with E-state index in [0.29, 0.717) is 0 Å². The van der Waals surface area contributed by atoms with Crippen LogP contribution in [0, 0.1) is 0 Å². The molecule has 0 aliphatic carbocycles. The van der Waals surface area contributed by atoms with Crippen LogP contribution in [0.4, 0.5) is 0 Å². The third-order valence-electron chi connectivity index (χ3n) is 0.946. The van der Waals surface area contributed by atoms with Gasteiger partial charge in [-0.05, 0) is 0 Å². The molecule has 0 spiro atoms. The van der Waals surface area contributed by atoms with Gasteiger partial charge in [0, 0.05) is 6.08 Å². The molecule has 10 heavy (non-hydrogen) atoms. The fourth-order valence-corrected chi connectivity index (χ4v) is 0.666. The van der Waals surface area contributed by atoms with Gasteiger partial charge in [-0.3, -0.25) is 5.73 Å². The van der Waals surface area contributed by atoms with E-state index in [-0.39, 0.29) is 11.8 Å². The molecule has 0 aromatic rings. The molecule has 6 heteroatoms. The lowest BCUT2D eigenvalue weighted by Crippen LogP contribution is -2.58. The van der Waals surface area contributed by atoms with Crippen molar-refractivity contribution in [2.45, 2.75) is 5.85 Å². The molecular weight excluding hydrogens is 134 g/mol. The highest BCUT2D eigenvalue weighted by molar-refractivity contribution is 5.80. The molecular formula is C4H9N5O. The predicted octanol–water partition coefficient (Wildman–Crippen LogP) is -2.69. The summed E-state index contributed by atoms with van der Waals surface area (Å²) >= 11 is 0. The minimum absolute atomic E-state index is 0.00463. The second kappa shape index (κ2) is 1.86. The molecule has 0 saturated heterocycles. The summed E-state index contributed by atoms with van der Waals surface area (Å²) in [5.41, 5.74) is 15.6. The van der Waals surface area contributed by atoms with Gasteiger partial charge < -0.3 is 21.9 Å². The molecule has 1 heterocycles. The maximum Gasteiger partial charge on any atom is 0.217 e. The molecule has 0 radical (unpaired) electrons. The maximum atomic E-state index is 9.06. The Kier molecular flexibility index (Phi) is 1.27. The maximum absolute atomic E-state index is 9.06. The van der Waals surface area contributed by atoms with Crippen LogP contribution < -0.4 is 22.5 Å². The van der Waals surface area contributed by atoms with Crippen LogP contribution in [0.5, 0.6) is 0 Å². The average molecular weight is 143 g/mol. The van der Waals surface area contributed by atoms with Crippen molar-refractivity contribution >= 4 is 5.96 Å². The molecule has 8 N–H and O–H groups in total. The Hall–Kier alpha value is -1.27. The zero-order valence-corrected chi connectivity index (χ0v) is 5.20. The van der Waals surface area contributed by atoms with Crippen molar-refractivity contribution in [3.05, 3.63) is 11.9 Å². The summed E-state index contributed by atoms with van der Waals surface area (Å²) in [7, 11) is 0. The first-order chi connectivity index (χ1) is 4.49. The van der Waals surface area contributed by atoms with Gasteiger partial charge in [-0.1, -0.05) is 0 Å². The van der Waals surface area contributed by atoms with Gasteiger partial charge in [-0.15, -0.1) is 0 Å². The van der Waals surface area contributed by atoms with E-state index in [1.54, 1.807) is 0 Å². The Labute approximate surface area is 57.4 Å². The van der Waals surface area contributed by atoms with Crippen molar-refractivity contribution in [1.29, 1.82) is 0 Å². The van der Waals surface area contributed by atoms with Gasteiger partial charge >= 0.3 is 0 Å². The van der Waals surface area contributed by atoms with E-state index < -0.39 is 5.85 Å². The van der Waals surface area contributed by atoms with Crippen LogP contribution in [0.1, 0.15) is 0 Å². The van der Waals surface area contributed by atoms with Gasteiger partial charge in [-0.2, -0.15) is 4.99 Å². The molecule has 1 atom stereocenters. The Morgan fingerprint density at radius 3 is 2.60 bits per heavy atom. The van der Waals surface area contributed by atoms with Crippen LogP contribution in [-0.2, 0) is 0 Å². The number of rotatable bonds is 0. The Balaban J connectivity index is 2.88. The number of aliphatic hydroxyl groups is 1. The number of nitrogens with one attached hydrogen (secondary N) is 1. The summed E-state index contributed by atoms with van der Waals surface area (Å²) in [6, 6.07) is 0. The molecule has 1 unspecified atom stereocenters. The lowest BCUT2D eigenvalue weighted by atomic mass is 10.3. The zero-order chi connectivity index (χ0) is 7.78. The smallest absolute Gasteiger partial charge is 0.217 e. The second-order valence-corrected chi connectivity index (χ2v) is 2.02. The Bertz CT molecular complexity index is 206. The molecule has 0 aromatic heterocycles. The van der Waals surface area contributed by atoms with Crippen molar-refractivity contribution in [3.8, 4) is 0 Å². The lowest BCUT2D eigenvalue weighted by Gasteiger charge is -2.24. The molecule has 1 rings (SSSR count). The largest absolute Gasteiger partial charge is 0.384 e. The van der Waals surface area contributed by atoms with E-state index in [4.69, 9.17) is 22.3 Å². The van der Waals surface area contributed by atoms with Gasteiger partial charge in [0.1, 0.15) is 5.82 Å². The average Bonchev–Trinajstić information content (AvgIpc) is 1.54. The van der Waals surface area contributed by atoms with E-state index in [9.17, 15) is 0 Å². The third kappa shape index (κ3) is 1.36. The highest BCUT2D eigenvalue weighted by Gasteiger charge is 2.22. The van der Waals surface area contributed by atoms with Gasteiger partial charge in [0.15, 0.2) is 5.96 Å². The van der Waals surface area contributed by atoms with Crippen molar-refractivity contribution in [2.24, 2.45) is 22.2 Å². The molecule has 1 aliphatic heterocycles. The minimum Gasteiger partial charge on any atom is -0.384 e. The van der Waals surface area contributed by atoms with Crippen LogP contribution in [0.15, 0.2) is 16.9 Å². The van der Waals surface area contributed by atoms with E-state index in [1.807, 2.05) is 0 Å². The first kappa shape index (κ1) is 6.84. The quantitative estimate of drug-likeness (QED) is 0.236. The molecule has 0 bridgehead atoms. The van der Waals surface area contributed by atoms with Crippen LogP contribution in [0.25, 0.3) is 0 Å². The standard InChI is InChI=1S/C4H9N5O/c5-2-1-4(7,10)9-3(6)8-2/h1,10H,5,7H2,(H3,6,8,9). The first-order valence-corrected chi connectivity index (χ1v) is 2.61. The summed E-state index contributed by atoms with van der Waals surface area (Å²) in [5.74, 6) is -1.57. The van der Waals surface area contributed by atoms with E-state index in [2.05, 4.69) is 10.3 Å². The first-order valence-electron chi connectivity index (χ1n) is 2.61. The van der Waals surface area contributed by atoms with Crippen LogP contribution in [0.2, 0.25) is 0 Å². The predicted molar refractivity (Wildman–Crippen MR) is 36.2 cm³/mol. The minimum atomic E-state index is -1.67. The van der Waals surface area contributed by atoms with Crippen molar-refractivity contribution in [3.63, 3.8) is 0 Å². The molecule has 0 aromatic carbocycles. The SMILES string of the molecule is NC1=CC(N)(O)NC(N)=N1. The molecule has 1 aliphatic rings.